The molecule has 0 unspecified atom stereocenters. The standard InChI is InChI=1S/C11H19N3O2/c1-3-5-8-10(12)13-9(14-11(8)15)7-16-6-4-2/h3-7H2,1-2H3,(H3,12,13,14,15). The third-order valence-electron chi connectivity index (χ3n) is 2.18. The first-order valence-electron chi connectivity index (χ1n) is 5.64. The number of nitrogens with one attached hydrogen (secondary N) is 1. The number of anilines is 1. The Labute approximate surface area is 95.0 Å². The molecule has 1 heterocycles. The lowest BCUT2D eigenvalue weighted by atomic mass is 10.2. The van der Waals surface area contributed by atoms with Crippen molar-refractivity contribution in [2.75, 3.05) is 12.3 Å². The summed E-state index contributed by atoms with van der Waals surface area (Å²) in [4.78, 5) is 18.5. The molecule has 0 amide bonds. The van der Waals surface area contributed by atoms with Gasteiger partial charge in [0, 0.05) is 6.61 Å². The average molecular weight is 225 g/mol. The molecule has 16 heavy (non-hydrogen) atoms. The van der Waals surface area contributed by atoms with Gasteiger partial charge in [0.15, 0.2) is 0 Å². The van der Waals surface area contributed by atoms with Crippen molar-refractivity contribution >= 4 is 5.82 Å². The largest absolute Gasteiger partial charge is 0.383 e. The Balaban J connectivity index is 2.79. The number of H-pyrrole nitrogens is 1. The van der Waals surface area contributed by atoms with E-state index in [1.165, 1.54) is 0 Å². The minimum Gasteiger partial charge on any atom is -0.383 e. The van der Waals surface area contributed by atoms with Crippen LogP contribution in [0.5, 0.6) is 0 Å². The summed E-state index contributed by atoms with van der Waals surface area (Å²) in [6, 6.07) is 0. The van der Waals surface area contributed by atoms with Gasteiger partial charge in [0.25, 0.3) is 5.56 Å². The van der Waals surface area contributed by atoms with E-state index in [0.717, 1.165) is 12.8 Å². The molecule has 0 radical (unpaired) electrons. The van der Waals surface area contributed by atoms with Crippen molar-refractivity contribution in [1.29, 1.82) is 0 Å². The Bertz CT molecular complexity index is 387. The summed E-state index contributed by atoms with van der Waals surface area (Å²) in [5.74, 6) is 0.816. The molecule has 0 saturated carbocycles. The van der Waals surface area contributed by atoms with Crippen molar-refractivity contribution in [1.82, 2.24) is 9.97 Å². The van der Waals surface area contributed by atoms with Crippen molar-refractivity contribution in [2.24, 2.45) is 0 Å². The SMILES string of the molecule is CCCOCc1nc(N)c(CCC)c(=O)[nH]1. The smallest absolute Gasteiger partial charge is 0.256 e. The first kappa shape index (κ1) is 12.7. The normalized spacial score (nSPS) is 10.6. The minimum atomic E-state index is -0.149. The topological polar surface area (TPSA) is 81.0 Å². The van der Waals surface area contributed by atoms with Crippen molar-refractivity contribution in [3.05, 3.63) is 21.7 Å². The summed E-state index contributed by atoms with van der Waals surface area (Å²) in [5, 5.41) is 0. The van der Waals surface area contributed by atoms with E-state index < -0.39 is 0 Å². The lowest BCUT2D eigenvalue weighted by molar-refractivity contribution is 0.116. The van der Waals surface area contributed by atoms with Crippen molar-refractivity contribution in [3.63, 3.8) is 0 Å². The summed E-state index contributed by atoms with van der Waals surface area (Å²) in [6.45, 7) is 4.98. The molecule has 0 aliphatic heterocycles. The van der Waals surface area contributed by atoms with Crippen LogP contribution in [0.3, 0.4) is 0 Å². The first-order chi connectivity index (χ1) is 7.69. The highest BCUT2D eigenvalue weighted by Crippen LogP contribution is 2.06. The Morgan fingerprint density at radius 1 is 1.38 bits per heavy atom. The van der Waals surface area contributed by atoms with Gasteiger partial charge < -0.3 is 15.5 Å². The number of hydrogen-bond donors (Lipinski definition) is 2. The fraction of sp³-hybridized carbons (Fsp3) is 0.636. The molecule has 0 aliphatic rings. The molecule has 1 aromatic heterocycles. The number of rotatable bonds is 6. The van der Waals surface area contributed by atoms with Gasteiger partial charge in [-0.15, -0.1) is 0 Å². The van der Waals surface area contributed by atoms with E-state index in [4.69, 9.17) is 10.5 Å². The molecule has 3 N–H and O–H groups in total. The Morgan fingerprint density at radius 3 is 2.69 bits per heavy atom. The van der Waals surface area contributed by atoms with E-state index >= 15 is 0 Å². The molecule has 5 heteroatoms. The third-order valence-corrected chi connectivity index (χ3v) is 2.18. The molecule has 1 rings (SSSR count). The summed E-state index contributed by atoms with van der Waals surface area (Å²) in [7, 11) is 0. The van der Waals surface area contributed by atoms with E-state index in [2.05, 4.69) is 9.97 Å². The van der Waals surface area contributed by atoms with Crippen LogP contribution in [0.4, 0.5) is 5.82 Å². The molecule has 0 bridgehead atoms. The summed E-state index contributed by atoms with van der Waals surface area (Å²) < 4.78 is 5.29. The summed E-state index contributed by atoms with van der Waals surface area (Å²) >= 11 is 0. The third kappa shape index (κ3) is 3.34. The van der Waals surface area contributed by atoms with Crippen molar-refractivity contribution in [2.45, 2.75) is 39.7 Å². The van der Waals surface area contributed by atoms with Crippen LogP contribution in [-0.4, -0.2) is 16.6 Å². The minimum absolute atomic E-state index is 0.149. The maximum atomic E-state index is 11.7. The summed E-state index contributed by atoms with van der Waals surface area (Å²) in [6.07, 6.45) is 2.47. The predicted octanol–water partition coefficient (Wildman–Crippen LogP) is 1.23. The molecule has 1 aromatic rings. The Morgan fingerprint density at radius 2 is 2.12 bits per heavy atom. The number of nitrogen functional groups attached to an aromatic ring is 1. The molecular formula is C11H19N3O2. The number of hydrogen-bond acceptors (Lipinski definition) is 4. The summed E-state index contributed by atoms with van der Waals surface area (Å²) in [5.41, 5.74) is 6.15. The Kier molecular flexibility index (Phi) is 4.98. The van der Waals surface area contributed by atoms with E-state index in [0.29, 0.717) is 36.8 Å². The lowest BCUT2D eigenvalue weighted by Crippen LogP contribution is -2.20. The maximum Gasteiger partial charge on any atom is 0.256 e. The van der Waals surface area contributed by atoms with Gasteiger partial charge in [0.2, 0.25) is 0 Å². The Hall–Kier alpha value is -1.36. The van der Waals surface area contributed by atoms with Crippen LogP contribution in [0, 0.1) is 0 Å². The van der Waals surface area contributed by atoms with Gasteiger partial charge in [0.1, 0.15) is 18.2 Å². The number of nitrogens with two attached hydrogens (primary N) is 1. The van der Waals surface area contributed by atoms with Crippen LogP contribution in [0.25, 0.3) is 0 Å². The van der Waals surface area contributed by atoms with Crippen LogP contribution >= 0.6 is 0 Å². The second-order valence-corrected chi connectivity index (χ2v) is 3.68. The molecule has 0 aromatic carbocycles. The van der Waals surface area contributed by atoms with Crippen molar-refractivity contribution in [3.8, 4) is 0 Å². The number of nitrogens with zero attached hydrogens (tertiary/aromatic N) is 1. The second kappa shape index (κ2) is 6.27. The molecule has 90 valence electrons. The second-order valence-electron chi connectivity index (χ2n) is 3.68. The van der Waals surface area contributed by atoms with E-state index in [-0.39, 0.29) is 5.56 Å². The highest BCUT2D eigenvalue weighted by molar-refractivity contribution is 5.37. The van der Waals surface area contributed by atoms with E-state index in [9.17, 15) is 4.79 Å². The highest BCUT2D eigenvalue weighted by Gasteiger charge is 2.07. The number of ether oxygens (including phenoxy) is 1. The number of aromatic nitrogens is 2. The molecule has 5 nitrogen and oxygen atoms in total. The van der Waals surface area contributed by atoms with Crippen LogP contribution in [0.2, 0.25) is 0 Å². The zero-order chi connectivity index (χ0) is 12.0. The zero-order valence-electron chi connectivity index (χ0n) is 9.88. The molecule has 0 atom stereocenters. The predicted molar refractivity (Wildman–Crippen MR) is 63.2 cm³/mol. The van der Waals surface area contributed by atoms with Gasteiger partial charge in [-0.25, -0.2) is 4.98 Å². The fourth-order valence-corrected chi connectivity index (χ4v) is 1.44. The van der Waals surface area contributed by atoms with Crippen LogP contribution in [-0.2, 0) is 17.8 Å². The maximum absolute atomic E-state index is 11.7. The van der Waals surface area contributed by atoms with Gasteiger partial charge in [-0.2, -0.15) is 0 Å². The average Bonchev–Trinajstić information content (AvgIpc) is 2.24. The van der Waals surface area contributed by atoms with Gasteiger partial charge in [-0.3, -0.25) is 4.79 Å². The van der Waals surface area contributed by atoms with Crippen molar-refractivity contribution < 1.29 is 4.74 Å². The molecule has 0 aliphatic carbocycles. The van der Waals surface area contributed by atoms with E-state index in [1.54, 1.807) is 0 Å². The van der Waals surface area contributed by atoms with Crippen LogP contribution in [0.15, 0.2) is 4.79 Å². The van der Waals surface area contributed by atoms with Gasteiger partial charge in [-0.05, 0) is 12.8 Å². The molecule has 0 fully saturated rings. The van der Waals surface area contributed by atoms with Crippen LogP contribution < -0.4 is 11.3 Å². The van der Waals surface area contributed by atoms with E-state index in [1.807, 2.05) is 13.8 Å². The molecule has 0 saturated heterocycles. The fourth-order valence-electron chi connectivity index (χ4n) is 1.44. The lowest BCUT2D eigenvalue weighted by Gasteiger charge is -2.06. The monoisotopic (exact) mass is 225 g/mol. The quantitative estimate of drug-likeness (QED) is 0.713. The number of aromatic amines is 1. The first-order valence-corrected chi connectivity index (χ1v) is 5.64. The van der Waals surface area contributed by atoms with Gasteiger partial charge in [-0.1, -0.05) is 20.3 Å². The zero-order valence-corrected chi connectivity index (χ0v) is 9.88. The molecular weight excluding hydrogens is 206 g/mol. The van der Waals surface area contributed by atoms with Gasteiger partial charge in [0.05, 0.1) is 5.56 Å². The molecule has 0 spiro atoms. The van der Waals surface area contributed by atoms with Crippen LogP contribution in [0.1, 0.15) is 38.1 Å². The van der Waals surface area contributed by atoms with Gasteiger partial charge >= 0.3 is 0 Å². The highest BCUT2D eigenvalue weighted by atomic mass is 16.5.